The molecule has 0 aliphatic carbocycles. The SMILES string of the molecule is CCc1ccc(NC(=O)N(CCOC)CC(=O)N(CCc2c[nH]c3ccccc23)Cc2ccc(C)cc2)cc1. The van der Waals surface area contributed by atoms with Gasteiger partial charge >= 0.3 is 6.03 Å². The van der Waals surface area contributed by atoms with Crippen molar-refractivity contribution in [1.82, 2.24) is 14.8 Å². The van der Waals surface area contributed by atoms with E-state index in [-0.39, 0.29) is 18.5 Å². The van der Waals surface area contributed by atoms with Crippen LogP contribution < -0.4 is 5.32 Å². The van der Waals surface area contributed by atoms with E-state index in [9.17, 15) is 9.59 Å². The molecule has 0 bridgehead atoms. The van der Waals surface area contributed by atoms with Crippen molar-refractivity contribution in [3.63, 3.8) is 0 Å². The molecule has 4 aromatic rings. The summed E-state index contributed by atoms with van der Waals surface area (Å²) >= 11 is 0. The number of carbonyl (C=O) groups excluding carboxylic acids is 2. The number of methoxy groups -OCH3 is 1. The van der Waals surface area contributed by atoms with Gasteiger partial charge in [0.1, 0.15) is 6.54 Å². The molecule has 4 rings (SSSR count). The minimum Gasteiger partial charge on any atom is -0.383 e. The third-order valence-electron chi connectivity index (χ3n) is 6.96. The maximum absolute atomic E-state index is 13.7. The Morgan fingerprint density at radius 2 is 1.62 bits per heavy atom. The van der Waals surface area contributed by atoms with Crippen molar-refractivity contribution in [3.8, 4) is 0 Å². The van der Waals surface area contributed by atoms with Crippen LogP contribution in [0.3, 0.4) is 0 Å². The Bertz CT molecular complexity index is 1360. The van der Waals surface area contributed by atoms with Gasteiger partial charge in [-0.1, -0.05) is 67.1 Å². The number of urea groups is 1. The average molecular weight is 527 g/mol. The fraction of sp³-hybridized carbons (Fsp3) is 0.312. The number of anilines is 1. The van der Waals surface area contributed by atoms with E-state index in [2.05, 4.69) is 53.6 Å². The van der Waals surface area contributed by atoms with Gasteiger partial charge in [-0.05, 0) is 54.7 Å². The molecule has 3 aromatic carbocycles. The van der Waals surface area contributed by atoms with Crippen LogP contribution in [-0.4, -0.2) is 60.1 Å². The predicted octanol–water partition coefficient (Wildman–Crippen LogP) is 5.79. The summed E-state index contributed by atoms with van der Waals surface area (Å²) < 4.78 is 5.24. The van der Waals surface area contributed by atoms with Crippen LogP contribution in [0.2, 0.25) is 0 Å². The molecule has 1 aromatic heterocycles. The van der Waals surface area contributed by atoms with Crippen LogP contribution in [0.5, 0.6) is 0 Å². The molecule has 0 unspecified atom stereocenters. The highest BCUT2D eigenvalue weighted by molar-refractivity contribution is 5.92. The number of H-pyrrole nitrogens is 1. The van der Waals surface area contributed by atoms with Crippen molar-refractivity contribution in [1.29, 1.82) is 0 Å². The van der Waals surface area contributed by atoms with Gasteiger partial charge < -0.3 is 24.8 Å². The van der Waals surface area contributed by atoms with E-state index in [4.69, 9.17) is 4.74 Å². The van der Waals surface area contributed by atoms with Crippen molar-refractivity contribution < 1.29 is 14.3 Å². The topological polar surface area (TPSA) is 77.7 Å². The van der Waals surface area contributed by atoms with Crippen LogP contribution in [0.25, 0.3) is 10.9 Å². The van der Waals surface area contributed by atoms with Crippen molar-refractivity contribution in [2.24, 2.45) is 0 Å². The smallest absolute Gasteiger partial charge is 0.322 e. The second kappa shape index (κ2) is 13.6. The van der Waals surface area contributed by atoms with Gasteiger partial charge in [-0.3, -0.25) is 4.79 Å². The number of hydrogen-bond acceptors (Lipinski definition) is 3. The highest BCUT2D eigenvalue weighted by Crippen LogP contribution is 2.19. The molecule has 0 spiro atoms. The number of benzene rings is 3. The summed E-state index contributed by atoms with van der Waals surface area (Å²) in [5.74, 6) is -0.108. The zero-order valence-electron chi connectivity index (χ0n) is 23.1. The summed E-state index contributed by atoms with van der Waals surface area (Å²) in [4.78, 5) is 33.6. The second-order valence-electron chi connectivity index (χ2n) is 9.81. The lowest BCUT2D eigenvalue weighted by Crippen LogP contribution is -2.46. The molecule has 204 valence electrons. The molecule has 39 heavy (non-hydrogen) atoms. The molecule has 0 atom stereocenters. The fourth-order valence-corrected chi connectivity index (χ4v) is 4.54. The molecule has 0 saturated heterocycles. The van der Waals surface area contributed by atoms with Crippen LogP contribution in [-0.2, 0) is 28.9 Å². The Morgan fingerprint density at radius 3 is 2.33 bits per heavy atom. The van der Waals surface area contributed by atoms with Crippen LogP contribution in [0, 0.1) is 6.92 Å². The normalized spacial score (nSPS) is 10.9. The van der Waals surface area contributed by atoms with Gasteiger partial charge in [-0.25, -0.2) is 4.79 Å². The number of para-hydroxylation sites is 1. The van der Waals surface area contributed by atoms with E-state index in [0.29, 0.717) is 38.3 Å². The number of aryl methyl sites for hydroxylation is 2. The van der Waals surface area contributed by atoms with E-state index in [1.807, 2.05) is 54.4 Å². The number of aromatic amines is 1. The summed E-state index contributed by atoms with van der Waals surface area (Å²) in [6, 6.07) is 23.8. The average Bonchev–Trinajstić information content (AvgIpc) is 3.37. The van der Waals surface area contributed by atoms with E-state index < -0.39 is 0 Å². The van der Waals surface area contributed by atoms with Crippen LogP contribution in [0.4, 0.5) is 10.5 Å². The molecular formula is C32H38N4O3. The first-order chi connectivity index (χ1) is 19.0. The van der Waals surface area contributed by atoms with E-state index in [0.717, 1.165) is 28.5 Å². The van der Waals surface area contributed by atoms with Gasteiger partial charge in [0.05, 0.1) is 6.61 Å². The van der Waals surface area contributed by atoms with Crippen LogP contribution in [0.15, 0.2) is 79.0 Å². The zero-order valence-corrected chi connectivity index (χ0v) is 23.1. The minimum atomic E-state index is -0.323. The summed E-state index contributed by atoms with van der Waals surface area (Å²) in [7, 11) is 1.59. The number of nitrogens with zero attached hydrogens (tertiary/aromatic N) is 2. The lowest BCUT2D eigenvalue weighted by atomic mass is 10.1. The number of ether oxygens (including phenoxy) is 1. The quantitative estimate of drug-likeness (QED) is 0.245. The standard InChI is InChI=1S/C32H38N4O3/c1-4-25-13-15-28(16-14-25)34-32(38)36(19-20-39-3)23-31(37)35(22-26-11-9-24(2)10-12-26)18-17-27-21-33-30-8-6-5-7-29(27)30/h5-16,21,33H,4,17-20,22-23H2,1-3H3,(H,34,38). The number of carbonyl (C=O) groups is 2. The van der Waals surface area contributed by atoms with Gasteiger partial charge in [0.15, 0.2) is 0 Å². The summed E-state index contributed by atoms with van der Waals surface area (Å²) in [6.07, 6.45) is 3.65. The first-order valence-corrected chi connectivity index (χ1v) is 13.5. The second-order valence-corrected chi connectivity index (χ2v) is 9.81. The third kappa shape index (κ3) is 7.71. The predicted molar refractivity (Wildman–Crippen MR) is 157 cm³/mol. The molecule has 0 radical (unpaired) electrons. The highest BCUT2D eigenvalue weighted by atomic mass is 16.5. The fourth-order valence-electron chi connectivity index (χ4n) is 4.54. The summed E-state index contributed by atoms with van der Waals surface area (Å²) in [5, 5.41) is 4.10. The monoisotopic (exact) mass is 526 g/mol. The number of hydrogen-bond donors (Lipinski definition) is 2. The maximum atomic E-state index is 13.7. The zero-order chi connectivity index (χ0) is 27.6. The van der Waals surface area contributed by atoms with E-state index in [1.165, 1.54) is 16.0 Å². The van der Waals surface area contributed by atoms with Crippen molar-refractivity contribution in [3.05, 3.63) is 101 Å². The van der Waals surface area contributed by atoms with Crippen molar-refractivity contribution in [2.45, 2.75) is 33.2 Å². The number of rotatable bonds is 12. The Hall–Kier alpha value is -4.10. The highest BCUT2D eigenvalue weighted by Gasteiger charge is 2.22. The molecule has 0 aliphatic rings. The van der Waals surface area contributed by atoms with Crippen molar-refractivity contribution in [2.75, 3.05) is 38.7 Å². The molecule has 3 amide bonds. The molecule has 0 fully saturated rings. The first kappa shape index (κ1) is 27.9. The summed E-state index contributed by atoms with van der Waals surface area (Å²) in [6.45, 7) is 5.75. The van der Waals surface area contributed by atoms with E-state index >= 15 is 0 Å². The van der Waals surface area contributed by atoms with E-state index in [1.54, 1.807) is 7.11 Å². The number of nitrogens with one attached hydrogen (secondary N) is 2. The van der Waals surface area contributed by atoms with Gasteiger partial charge in [0, 0.05) is 49.5 Å². The largest absolute Gasteiger partial charge is 0.383 e. The molecular weight excluding hydrogens is 488 g/mol. The Balaban J connectivity index is 1.49. The molecule has 7 heteroatoms. The lowest BCUT2D eigenvalue weighted by Gasteiger charge is -2.28. The van der Waals surface area contributed by atoms with Crippen LogP contribution >= 0.6 is 0 Å². The molecule has 0 aliphatic heterocycles. The molecule has 1 heterocycles. The maximum Gasteiger partial charge on any atom is 0.322 e. The first-order valence-electron chi connectivity index (χ1n) is 13.5. The number of fused-ring (bicyclic) bond motifs is 1. The van der Waals surface area contributed by atoms with Gasteiger partial charge in [0.2, 0.25) is 5.91 Å². The van der Waals surface area contributed by atoms with Crippen molar-refractivity contribution >= 4 is 28.5 Å². The van der Waals surface area contributed by atoms with Gasteiger partial charge in [0.25, 0.3) is 0 Å². The minimum absolute atomic E-state index is 0.0397. The Labute approximate surface area is 230 Å². The lowest BCUT2D eigenvalue weighted by molar-refractivity contribution is -0.132. The molecule has 7 nitrogen and oxygen atoms in total. The third-order valence-corrected chi connectivity index (χ3v) is 6.96. The Morgan fingerprint density at radius 1 is 0.897 bits per heavy atom. The Kier molecular flexibility index (Phi) is 9.75. The van der Waals surface area contributed by atoms with Gasteiger partial charge in [-0.2, -0.15) is 0 Å². The molecule has 0 saturated carbocycles. The van der Waals surface area contributed by atoms with Crippen LogP contribution in [0.1, 0.15) is 29.2 Å². The number of amides is 3. The number of aromatic nitrogens is 1. The molecule has 2 N–H and O–H groups in total. The van der Waals surface area contributed by atoms with Gasteiger partial charge in [-0.15, -0.1) is 0 Å². The summed E-state index contributed by atoms with van der Waals surface area (Å²) in [5.41, 5.74) is 6.36.